The summed E-state index contributed by atoms with van der Waals surface area (Å²) in [5.41, 5.74) is 7.84. The van der Waals surface area contributed by atoms with E-state index < -0.39 is 40.0 Å². The molecule has 1 fully saturated rings. The lowest BCUT2D eigenvalue weighted by Crippen LogP contribution is -2.60. The molecular weight excluding hydrogens is 595 g/mol. The van der Waals surface area contributed by atoms with Gasteiger partial charge in [-0.05, 0) is 48.7 Å². The second-order valence-electron chi connectivity index (χ2n) is 9.66. The van der Waals surface area contributed by atoms with Crippen LogP contribution < -0.4 is 20.7 Å². The minimum Gasteiger partial charge on any atom is -0.406 e. The Balaban J connectivity index is 1.59. The Bertz CT molecular complexity index is 1530. The van der Waals surface area contributed by atoms with Gasteiger partial charge in [0.2, 0.25) is 15.9 Å². The molecule has 4 rings (SSSR count). The number of ether oxygens (including phenoxy) is 1. The van der Waals surface area contributed by atoms with Gasteiger partial charge in [-0.15, -0.1) is 13.2 Å². The van der Waals surface area contributed by atoms with Crippen LogP contribution >= 0.6 is 11.3 Å². The van der Waals surface area contributed by atoms with Crippen molar-refractivity contribution in [2.24, 2.45) is 5.73 Å². The molecule has 2 amide bonds. The summed E-state index contributed by atoms with van der Waals surface area (Å²) in [5.74, 6) is -1.79. The van der Waals surface area contributed by atoms with Gasteiger partial charge >= 0.3 is 6.36 Å². The number of sulfonamides is 1. The lowest BCUT2D eigenvalue weighted by atomic mass is 10.1. The minimum absolute atomic E-state index is 0.0824. The molecule has 1 aliphatic rings. The van der Waals surface area contributed by atoms with Crippen molar-refractivity contribution in [1.29, 1.82) is 0 Å². The predicted molar refractivity (Wildman–Crippen MR) is 151 cm³/mol. The molecule has 15 heteroatoms. The van der Waals surface area contributed by atoms with Crippen molar-refractivity contribution < 1.29 is 35.9 Å². The highest BCUT2D eigenvalue weighted by Crippen LogP contribution is 2.31. The normalized spacial score (nSPS) is 16.3. The van der Waals surface area contributed by atoms with E-state index in [4.69, 9.17) is 5.73 Å². The lowest BCUT2D eigenvalue weighted by Gasteiger charge is -2.39. The minimum atomic E-state index is -4.93. The summed E-state index contributed by atoms with van der Waals surface area (Å²) in [7, 11) is -4.32. The number of aromatic nitrogens is 1. The van der Waals surface area contributed by atoms with Crippen LogP contribution in [0.15, 0.2) is 53.4 Å². The Morgan fingerprint density at radius 3 is 2.31 bits per heavy atom. The van der Waals surface area contributed by atoms with Gasteiger partial charge in [-0.25, -0.2) is 13.4 Å². The van der Waals surface area contributed by atoms with Crippen LogP contribution in [0, 0.1) is 6.92 Å². The van der Waals surface area contributed by atoms with Gasteiger partial charge in [0.05, 0.1) is 10.6 Å². The van der Waals surface area contributed by atoms with Crippen molar-refractivity contribution in [3.63, 3.8) is 0 Å². The number of nitrogens with two attached hydrogens (primary N) is 1. The summed E-state index contributed by atoms with van der Waals surface area (Å²) in [4.78, 5) is 31.3. The summed E-state index contributed by atoms with van der Waals surface area (Å²) in [6.07, 6.45) is -3.01. The number of primary amides is 1. The third-order valence-electron chi connectivity index (χ3n) is 6.61. The van der Waals surface area contributed by atoms with E-state index in [1.165, 1.54) is 0 Å². The van der Waals surface area contributed by atoms with Gasteiger partial charge in [0.25, 0.3) is 5.91 Å². The van der Waals surface area contributed by atoms with E-state index >= 15 is 0 Å². The molecule has 0 unspecified atom stereocenters. The summed E-state index contributed by atoms with van der Waals surface area (Å²) >= 11 is 1.05. The topological polar surface area (TPSA) is 135 Å². The van der Waals surface area contributed by atoms with E-state index in [1.54, 1.807) is 11.8 Å². The Morgan fingerprint density at radius 2 is 1.74 bits per heavy atom. The number of amides is 2. The first-order chi connectivity index (χ1) is 19.8. The predicted octanol–water partition coefficient (Wildman–Crippen LogP) is 3.60. The van der Waals surface area contributed by atoms with E-state index in [0.717, 1.165) is 63.9 Å². The molecule has 3 aromatic rings. The van der Waals surface area contributed by atoms with E-state index in [9.17, 15) is 31.2 Å². The van der Waals surface area contributed by atoms with Gasteiger partial charge in [0, 0.05) is 26.2 Å². The van der Waals surface area contributed by atoms with Crippen LogP contribution in [0.4, 0.5) is 18.3 Å². The molecule has 0 saturated carbocycles. The van der Waals surface area contributed by atoms with Gasteiger partial charge in [-0.1, -0.05) is 48.9 Å². The summed E-state index contributed by atoms with van der Waals surface area (Å²) < 4.78 is 69.9. The summed E-state index contributed by atoms with van der Waals surface area (Å²) in [6, 6.07) is 10.3. The average molecular weight is 626 g/mol. The highest BCUT2D eigenvalue weighted by molar-refractivity contribution is 7.89. The van der Waals surface area contributed by atoms with Crippen molar-refractivity contribution in [1.82, 2.24) is 14.6 Å². The molecule has 10 nitrogen and oxygen atoms in total. The Hall–Kier alpha value is -3.69. The first-order valence-corrected chi connectivity index (χ1v) is 15.3. The molecule has 0 bridgehead atoms. The zero-order valence-electron chi connectivity index (χ0n) is 22.8. The number of hydrogen-bond donors (Lipinski definition) is 2. The van der Waals surface area contributed by atoms with Crippen LogP contribution in [0.25, 0.3) is 0 Å². The first-order valence-electron chi connectivity index (χ1n) is 13.0. The molecule has 42 heavy (non-hydrogen) atoms. The number of aryl methyl sites for hydroxylation is 2. The molecular formula is C27H30F3N5O5S2. The lowest BCUT2D eigenvalue weighted by molar-refractivity contribution is -0.274. The molecule has 2 heterocycles. The fourth-order valence-electron chi connectivity index (χ4n) is 4.56. The fourth-order valence-corrected chi connectivity index (χ4v) is 7.08. The van der Waals surface area contributed by atoms with Crippen molar-refractivity contribution in [3.8, 4) is 5.75 Å². The third-order valence-corrected chi connectivity index (χ3v) is 9.76. The maximum Gasteiger partial charge on any atom is 0.573 e. The molecule has 1 atom stereocenters. The number of thiazole rings is 1. The number of anilines is 1. The molecule has 2 aromatic carbocycles. The molecule has 226 valence electrons. The Kier molecular flexibility index (Phi) is 9.43. The number of benzene rings is 2. The zero-order valence-corrected chi connectivity index (χ0v) is 24.5. The summed E-state index contributed by atoms with van der Waals surface area (Å²) in [6.45, 7) is 3.79. The number of nitrogens with zero attached hydrogens (tertiary/aromatic N) is 3. The molecule has 0 spiro atoms. The standard InChI is InChI=1S/C27H30F3N5O5S2/c1-3-4-18-5-7-19(8-6-18)15-32-25(37)22-16-34(26-33-17(2)23(41-26)24(31)36)13-14-35(22)42(38,39)21-11-9-20(10-12-21)40-27(28,29)30/h5-12,22H,3-4,13-16H2,1-2H3,(H2,31,36)(H,32,37)/t22-/m1/s1. The fraction of sp³-hybridized carbons (Fsp3) is 0.370. The van der Waals surface area contributed by atoms with Gasteiger partial charge < -0.3 is 20.7 Å². The van der Waals surface area contributed by atoms with Crippen LogP contribution in [0.1, 0.15) is 39.8 Å². The largest absolute Gasteiger partial charge is 0.573 e. The number of piperazine rings is 1. The van der Waals surface area contributed by atoms with E-state index in [2.05, 4.69) is 22.0 Å². The molecule has 1 saturated heterocycles. The number of halogens is 3. The number of carbonyl (C=O) groups is 2. The van der Waals surface area contributed by atoms with E-state index in [1.807, 2.05) is 24.3 Å². The smallest absolute Gasteiger partial charge is 0.406 e. The highest BCUT2D eigenvalue weighted by Gasteiger charge is 2.41. The molecule has 3 N–H and O–H groups in total. The van der Waals surface area contributed by atoms with Crippen molar-refractivity contribution in [2.75, 3.05) is 24.5 Å². The van der Waals surface area contributed by atoms with Gasteiger partial charge in [0.15, 0.2) is 5.13 Å². The van der Waals surface area contributed by atoms with E-state index in [0.29, 0.717) is 10.8 Å². The number of nitrogens with one attached hydrogen (secondary N) is 1. The van der Waals surface area contributed by atoms with Crippen molar-refractivity contribution in [2.45, 2.75) is 50.5 Å². The zero-order chi connectivity index (χ0) is 30.7. The first kappa shape index (κ1) is 31.3. The Morgan fingerprint density at radius 1 is 1.10 bits per heavy atom. The third kappa shape index (κ3) is 7.38. The van der Waals surface area contributed by atoms with Crippen LogP contribution in [-0.2, 0) is 27.8 Å². The number of alkyl halides is 3. The summed E-state index contributed by atoms with van der Waals surface area (Å²) in [5, 5.41) is 3.22. The monoisotopic (exact) mass is 625 g/mol. The molecule has 0 radical (unpaired) electrons. The number of rotatable bonds is 10. The maximum absolute atomic E-state index is 13.7. The second kappa shape index (κ2) is 12.7. The maximum atomic E-state index is 13.7. The van der Waals surface area contributed by atoms with Crippen LogP contribution in [0.2, 0.25) is 0 Å². The Labute approximate surface area is 245 Å². The SMILES string of the molecule is CCCc1ccc(CNC(=O)[C@H]2CN(c3nc(C)c(C(N)=O)s3)CCN2S(=O)(=O)c2ccc(OC(F)(F)F)cc2)cc1. The van der Waals surface area contributed by atoms with Crippen LogP contribution in [0.3, 0.4) is 0 Å². The van der Waals surface area contributed by atoms with Crippen molar-refractivity contribution in [3.05, 3.63) is 70.2 Å². The number of carbonyl (C=O) groups excluding carboxylic acids is 2. The van der Waals surface area contributed by atoms with Gasteiger partial charge in [-0.2, -0.15) is 4.31 Å². The molecule has 1 aromatic heterocycles. The molecule has 1 aliphatic heterocycles. The van der Waals surface area contributed by atoms with Crippen LogP contribution in [0.5, 0.6) is 5.75 Å². The van der Waals surface area contributed by atoms with Gasteiger partial charge in [-0.3, -0.25) is 9.59 Å². The average Bonchev–Trinajstić information content (AvgIpc) is 3.33. The molecule has 0 aliphatic carbocycles. The van der Waals surface area contributed by atoms with Crippen LogP contribution in [-0.4, -0.2) is 61.6 Å². The quantitative estimate of drug-likeness (QED) is 0.352. The van der Waals surface area contributed by atoms with Gasteiger partial charge in [0.1, 0.15) is 16.7 Å². The number of hydrogen-bond acceptors (Lipinski definition) is 8. The second-order valence-corrected chi connectivity index (χ2v) is 12.5. The van der Waals surface area contributed by atoms with Crippen molar-refractivity contribution >= 4 is 38.3 Å². The van der Waals surface area contributed by atoms with E-state index in [-0.39, 0.29) is 36.0 Å². The highest BCUT2D eigenvalue weighted by atomic mass is 32.2.